The van der Waals surface area contributed by atoms with E-state index in [2.05, 4.69) is 10.3 Å². The second-order valence-corrected chi connectivity index (χ2v) is 11.2. The van der Waals surface area contributed by atoms with E-state index in [1.807, 2.05) is 16.5 Å². The quantitative estimate of drug-likeness (QED) is 0.361. The summed E-state index contributed by atoms with van der Waals surface area (Å²) in [5, 5.41) is 15.0. The normalized spacial score (nSPS) is 24.2. The van der Waals surface area contributed by atoms with Crippen molar-refractivity contribution in [3.8, 4) is 0 Å². The molecule has 0 saturated heterocycles. The van der Waals surface area contributed by atoms with Crippen molar-refractivity contribution in [2.24, 2.45) is 11.7 Å². The number of imidazole rings is 1. The topological polar surface area (TPSA) is 122 Å². The first kappa shape index (κ1) is 26.3. The predicted molar refractivity (Wildman–Crippen MR) is 147 cm³/mol. The molecule has 2 aliphatic carbocycles. The molecule has 2 aromatic heterocycles. The van der Waals surface area contributed by atoms with Gasteiger partial charge in [-0.1, -0.05) is 47.6 Å². The molecule has 37 heavy (non-hydrogen) atoms. The first-order chi connectivity index (χ1) is 17.7. The number of nitrogens with one attached hydrogen (secondary N) is 1. The van der Waals surface area contributed by atoms with E-state index in [4.69, 9.17) is 50.5 Å². The Balaban J connectivity index is 1.56. The molecule has 12 heteroatoms. The number of likely N-dealkylation sites (N-methyl/N-ethyl adjacent to an activating group) is 1. The van der Waals surface area contributed by atoms with Gasteiger partial charge in [0.1, 0.15) is 5.52 Å². The number of aliphatic hydroxyl groups is 1. The van der Waals surface area contributed by atoms with Crippen LogP contribution < -0.4 is 16.0 Å². The highest BCUT2D eigenvalue weighted by Crippen LogP contribution is 2.40. The number of aliphatic hydroxyl groups excluding tert-OH is 1. The fourth-order valence-electron chi connectivity index (χ4n) is 5.57. The number of nitrogens with two attached hydrogens (primary N) is 1. The third kappa shape index (κ3) is 5.32. The summed E-state index contributed by atoms with van der Waals surface area (Å²) in [4.78, 5) is 28.0. The number of fused-ring (bicyclic) bond motifs is 1. The number of halogens is 3. The van der Waals surface area contributed by atoms with Crippen LogP contribution in [0.15, 0.2) is 18.3 Å². The number of carbonyl (C=O) groups is 1. The summed E-state index contributed by atoms with van der Waals surface area (Å²) >= 11 is 19.0. The lowest BCUT2D eigenvalue weighted by atomic mass is 9.85. The van der Waals surface area contributed by atoms with Gasteiger partial charge in [0.2, 0.25) is 17.8 Å². The summed E-state index contributed by atoms with van der Waals surface area (Å²) in [6.07, 6.45) is 7.89. The van der Waals surface area contributed by atoms with Gasteiger partial charge in [-0.05, 0) is 50.7 Å². The molecule has 2 saturated carbocycles. The lowest BCUT2D eigenvalue weighted by Gasteiger charge is -2.35. The number of aromatic nitrogens is 4. The van der Waals surface area contributed by atoms with E-state index in [1.54, 1.807) is 18.3 Å². The van der Waals surface area contributed by atoms with Gasteiger partial charge in [-0.2, -0.15) is 4.98 Å². The van der Waals surface area contributed by atoms with Crippen molar-refractivity contribution in [1.29, 1.82) is 0 Å². The SMILES string of the molecule is CN(c1ncc2nc(Nc3c(Cl)cc(Cl)cc3Cl)n([C@H]3CC[C@H](C(N)=O)CC3)c2n1)[C@H]1CCCC[C@@H]1O. The molecule has 2 fully saturated rings. The first-order valence-corrected chi connectivity index (χ1v) is 13.7. The van der Waals surface area contributed by atoms with E-state index in [9.17, 15) is 9.90 Å². The molecule has 5 rings (SSSR count). The van der Waals surface area contributed by atoms with Crippen LogP contribution in [0.1, 0.15) is 57.4 Å². The molecule has 1 aromatic carbocycles. The van der Waals surface area contributed by atoms with Gasteiger partial charge in [-0.3, -0.25) is 9.36 Å². The third-order valence-electron chi connectivity index (χ3n) is 7.63. The van der Waals surface area contributed by atoms with E-state index in [0.29, 0.717) is 56.7 Å². The van der Waals surface area contributed by atoms with E-state index < -0.39 is 6.10 Å². The number of nitrogens with zero attached hydrogens (tertiary/aromatic N) is 5. The largest absolute Gasteiger partial charge is 0.391 e. The Morgan fingerprint density at radius 1 is 1.08 bits per heavy atom. The van der Waals surface area contributed by atoms with Gasteiger partial charge in [0.05, 0.1) is 34.1 Å². The number of benzene rings is 1. The van der Waals surface area contributed by atoms with Crippen LogP contribution in [0.3, 0.4) is 0 Å². The van der Waals surface area contributed by atoms with E-state index in [0.717, 1.165) is 38.5 Å². The molecule has 198 valence electrons. The Bertz CT molecular complexity index is 1290. The molecule has 9 nitrogen and oxygen atoms in total. The molecule has 4 N–H and O–H groups in total. The predicted octanol–water partition coefficient (Wildman–Crippen LogP) is 5.49. The molecule has 0 unspecified atom stereocenters. The van der Waals surface area contributed by atoms with Crippen LogP contribution in [0, 0.1) is 5.92 Å². The maximum atomic E-state index is 11.8. The molecule has 0 radical (unpaired) electrons. The summed E-state index contributed by atoms with van der Waals surface area (Å²) in [6.45, 7) is 0. The fourth-order valence-corrected chi connectivity index (χ4v) is 6.48. The molecule has 2 aliphatic rings. The molecule has 0 bridgehead atoms. The third-order valence-corrected chi connectivity index (χ3v) is 8.45. The van der Waals surface area contributed by atoms with Crippen molar-refractivity contribution in [3.05, 3.63) is 33.4 Å². The highest BCUT2D eigenvalue weighted by molar-refractivity contribution is 6.41. The van der Waals surface area contributed by atoms with Gasteiger partial charge in [-0.15, -0.1) is 0 Å². The number of anilines is 3. The first-order valence-electron chi connectivity index (χ1n) is 12.6. The second-order valence-electron chi connectivity index (χ2n) is 9.99. The fraction of sp³-hybridized carbons (Fsp3) is 0.520. The zero-order valence-corrected chi connectivity index (χ0v) is 22.8. The van der Waals surface area contributed by atoms with Gasteiger partial charge in [-0.25, -0.2) is 9.97 Å². The minimum Gasteiger partial charge on any atom is -0.391 e. The zero-order valence-electron chi connectivity index (χ0n) is 20.5. The van der Waals surface area contributed by atoms with E-state index >= 15 is 0 Å². The molecular weight excluding hydrogens is 537 g/mol. The molecule has 0 spiro atoms. The maximum absolute atomic E-state index is 11.8. The Morgan fingerprint density at radius 3 is 2.41 bits per heavy atom. The summed E-state index contributed by atoms with van der Waals surface area (Å²) < 4.78 is 2.05. The lowest BCUT2D eigenvalue weighted by Crippen LogP contribution is -2.44. The highest BCUT2D eigenvalue weighted by Gasteiger charge is 2.31. The highest BCUT2D eigenvalue weighted by atomic mass is 35.5. The van der Waals surface area contributed by atoms with Gasteiger partial charge >= 0.3 is 0 Å². The number of amides is 1. The molecule has 3 aromatic rings. The molecule has 0 aliphatic heterocycles. The smallest absolute Gasteiger partial charge is 0.227 e. The maximum Gasteiger partial charge on any atom is 0.227 e. The van der Waals surface area contributed by atoms with Crippen LogP contribution in [0.5, 0.6) is 0 Å². The molecular formula is C25H30Cl3N7O2. The van der Waals surface area contributed by atoms with E-state index in [-0.39, 0.29) is 23.9 Å². The number of hydrogen-bond acceptors (Lipinski definition) is 7. The minimum absolute atomic E-state index is 0.0290. The van der Waals surface area contributed by atoms with Gasteiger partial charge in [0.15, 0.2) is 5.65 Å². The van der Waals surface area contributed by atoms with Crippen LogP contribution in [0.4, 0.5) is 17.6 Å². The van der Waals surface area contributed by atoms with Crippen molar-refractivity contribution in [1.82, 2.24) is 19.5 Å². The van der Waals surface area contributed by atoms with Crippen molar-refractivity contribution in [2.45, 2.75) is 69.6 Å². The summed E-state index contributed by atoms with van der Waals surface area (Å²) in [7, 11) is 1.92. The molecule has 2 heterocycles. The zero-order chi connectivity index (χ0) is 26.3. The van der Waals surface area contributed by atoms with Crippen molar-refractivity contribution < 1.29 is 9.90 Å². The Hall–Kier alpha value is -2.33. The minimum atomic E-state index is -0.418. The van der Waals surface area contributed by atoms with E-state index in [1.165, 1.54) is 0 Å². The summed E-state index contributed by atoms with van der Waals surface area (Å²) in [5.41, 5.74) is 7.34. The van der Waals surface area contributed by atoms with Gasteiger partial charge in [0, 0.05) is 24.0 Å². The second kappa shape index (κ2) is 10.8. The summed E-state index contributed by atoms with van der Waals surface area (Å²) in [5.74, 6) is 0.658. The van der Waals surface area contributed by atoms with Gasteiger partial charge in [0.25, 0.3) is 0 Å². The van der Waals surface area contributed by atoms with Crippen molar-refractivity contribution in [3.63, 3.8) is 0 Å². The van der Waals surface area contributed by atoms with Gasteiger partial charge < -0.3 is 21.1 Å². The van der Waals surface area contributed by atoms with Crippen molar-refractivity contribution >= 4 is 69.5 Å². The van der Waals surface area contributed by atoms with Crippen molar-refractivity contribution in [2.75, 3.05) is 17.3 Å². The van der Waals surface area contributed by atoms with Crippen LogP contribution in [-0.4, -0.2) is 49.7 Å². The number of primary amides is 1. The molecule has 2 atom stereocenters. The standard InChI is InChI=1S/C25H30Cl3N7O2/c1-34(19-4-2-3-5-20(19)36)24-30-12-18-23(33-24)35(15-8-6-13(7-9-15)22(29)37)25(31-18)32-21-16(27)10-14(26)11-17(21)28/h10-13,15,19-20,36H,2-9H2,1H3,(H2,29,37)(H,31,32)/t13-,15-,19-,20-/m0/s1. The van der Waals surface area contributed by atoms with Crippen LogP contribution in [-0.2, 0) is 4.79 Å². The lowest BCUT2D eigenvalue weighted by molar-refractivity contribution is -0.122. The van der Waals surface area contributed by atoms with Crippen LogP contribution >= 0.6 is 34.8 Å². The Labute approximate surface area is 230 Å². The monoisotopic (exact) mass is 565 g/mol. The average Bonchev–Trinajstić information content (AvgIpc) is 3.23. The van der Waals surface area contributed by atoms with Crippen LogP contribution in [0.25, 0.3) is 11.2 Å². The average molecular weight is 567 g/mol. The number of carbonyl (C=O) groups excluding carboxylic acids is 1. The number of hydrogen-bond donors (Lipinski definition) is 3. The Kier molecular flexibility index (Phi) is 7.68. The van der Waals surface area contributed by atoms with Crippen LogP contribution in [0.2, 0.25) is 15.1 Å². The summed E-state index contributed by atoms with van der Waals surface area (Å²) in [6, 6.07) is 3.22. The number of rotatable bonds is 6. The molecule has 1 amide bonds. The Morgan fingerprint density at radius 2 is 1.76 bits per heavy atom.